The van der Waals surface area contributed by atoms with Crippen LogP contribution in [-0.2, 0) is 50.6 Å². The molecule has 1 aliphatic carbocycles. The lowest BCUT2D eigenvalue weighted by Gasteiger charge is -2.63. The van der Waals surface area contributed by atoms with Crippen molar-refractivity contribution < 1.29 is 48.3 Å². The van der Waals surface area contributed by atoms with Gasteiger partial charge in [-0.2, -0.15) is 0 Å². The minimum atomic E-state index is -2.53. The second-order valence-corrected chi connectivity index (χ2v) is 18.1. The normalized spacial score (nSPS) is 36.5. The van der Waals surface area contributed by atoms with Gasteiger partial charge in [-0.3, -0.25) is 24.2 Å². The number of rotatable bonds is 8. The van der Waals surface area contributed by atoms with Gasteiger partial charge in [-0.1, -0.05) is 44.2 Å². The molecular formula is C46H56N4O10. The Balaban J connectivity index is 1.38. The van der Waals surface area contributed by atoms with Crippen molar-refractivity contribution in [2.24, 2.45) is 11.3 Å². The molecule has 2 unspecified atom stereocenters. The van der Waals surface area contributed by atoms with E-state index in [0.717, 1.165) is 16.5 Å². The molecule has 1 amide bonds. The van der Waals surface area contributed by atoms with Crippen molar-refractivity contribution in [3.8, 4) is 5.75 Å². The number of amides is 1. The number of H-pyrrole nitrogens is 1. The molecule has 2 bridgehead atoms. The van der Waals surface area contributed by atoms with E-state index in [1.54, 1.807) is 6.07 Å². The van der Waals surface area contributed by atoms with Crippen molar-refractivity contribution in [3.05, 3.63) is 70.9 Å². The average Bonchev–Trinajstić information content (AvgIpc) is 3.92. The molecule has 2 aromatic carbocycles. The summed E-state index contributed by atoms with van der Waals surface area (Å²) in [6, 6.07) is 9.97. The van der Waals surface area contributed by atoms with Gasteiger partial charge in [-0.05, 0) is 74.2 Å². The van der Waals surface area contributed by atoms with Gasteiger partial charge in [0.2, 0.25) is 12.0 Å². The van der Waals surface area contributed by atoms with Crippen LogP contribution in [0.4, 0.5) is 5.69 Å². The standard InChI is InChI=1S/C46H56N4O10/c1-7-42(55)22-28-23-45(40(53)58-5,36-30(14-18-48(24-28)25-42)29-12-9-10-13-33(29)47-36)32-20-31-34(21-35(32)57-4)50(26-51)38-44(31)16-19-49-17-11-15-43(8-2,37(44)49)39(60-27(3)52)46(38,56)41(54)59-6/h9-13,15,20-21,26,28,37-39,47,55-56H,7-8,14,16-19,22-25H2,1-6H3/t28-,37-,38+,39-,42-,43+,44?,45-,46-/m0/s1. The van der Waals surface area contributed by atoms with E-state index >= 15 is 4.79 Å². The zero-order valence-corrected chi connectivity index (χ0v) is 35.3. The summed E-state index contributed by atoms with van der Waals surface area (Å²) in [5.74, 6) is -2.06. The first-order valence-corrected chi connectivity index (χ1v) is 21.3. The summed E-state index contributed by atoms with van der Waals surface area (Å²) >= 11 is 0. The Hall–Kier alpha value is -4.76. The van der Waals surface area contributed by atoms with Gasteiger partial charge in [-0.15, -0.1) is 0 Å². The third-order valence-electron chi connectivity index (χ3n) is 15.5. The van der Waals surface area contributed by atoms with E-state index in [1.807, 2.05) is 50.3 Å². The van der Waals surface area contributed by atoms with Crippen LogP contribution in [0.3, 0.4) is 0 Å². The zero-order valence-electron chi connectivity index (χ0n) is 35.3. The maximum Gasteiger partial charge on any atom is 0.344 e. The highest BCUT2D eigenvalue weighted by Crippen LogP contribution is 2.68. The smallest absolute Gasteiger partial charge is 0.344 e. The number of piperidine rings is 1. The molecule has 6 aliphatic rings. The highest BCUT2D eigenvalue weighted by Gasteiger charge is 2.81. The van der Waals surface area contributed by atoms with Gasteiger partial charge in [0.15, 0.2) is 6.10 Å². The number of benzene rings is 2. The number of para-hydroxylation sites is 1. The molecule has 3 fully saturated rings. The fraction of sp³-hybridized carbons (Fsp3) is 0.565. The van der Waals surface area contributed by atoms with E-state index in [-0.39, 0.29) is 12.3 Å². The van der Waals surface area contributed by atoms with Gasteiger partial charge < -0.3 is 39.0 Å². The van der Waals surface area contributed by atoms with Gasteiger partial charge >= 0.3 is 17.9 Å². The topological polar surface area (TPSA) is 171 Å². The van der Waals surface area contributed by atoms with Crippen LogP contribution < -0.4 is 9.64 Å². The number of nitrogens with one attached hydrogen (secondary N) is 1. The number of hydrogen-bond acceptors (Lipinski definition) is 12. The fourth-order valence-corrected chi connectivity index (χ4v) is 13.4. The van der Waals surface area contributed by atoms with Crippen molar-refractivity contribution >= 4 is 40.9 Å². The summed E-state index contributed by atoms with van der Waals surface area (Å²) in [6.07, 6.45) is 5.83. The lowest BCUT2D eigenvalue weighted by Crippen LogP contribution is -2.81. The molecule has 1 saturated carbocycles. The summed E-state index contributed by atoms with van der Waals surface area (Å²) in [7, 11) is 4.09. The average molecular weight is 825 g/mol. The van der Waals surface area contributed by atoms with Crippen LogP contribution in [0.1, 0.15) is 75.3 Å². The van der Waals surface area contributed by atoms with Crippen molar-refractivity contribution in [2.45, 2.75) is 99.5 Å². The first-order valence-electron chi connectivity index (χ1n) is 21.3. The number of anilines is 1. The second kappa shape index (κ2) is 14.1. The zero-order chi connectivity index (χ0) is 42.6. The predicted octanol–water partition coefficient (Wildman–Crippen LogP) is 3.52. The Morgan fingerprint density at radius 2 is 1.73 bits per heavy atom. The molecule has 3 aromatic rings. The van der Waals surface area contributed by atoms with Gasteiger partial charge in [0.05, 0.1) is 38.7 Å². The molecule has 1 aromatic heterocycles. The van der Waals surface area contributed by atoms with Crippen LogP contribution >= 0.6 is 0 Å². The maximum atomic E-state index is 15.3. The highest BCUT2D eigenvalue weighted by molar-refractivity contribution is 5.96. The molecule has 3 N–H and O–H groups in total. The molecule has 0 radical (unpaired) electrons. The van der Waals surface area contributed by atoms with Gasteiger partial charge in [-0.25, -0.2) is 4.79 Å². The fourth-order valence-electron chi connectivity index (χ4n) is 13.4. The number of esters is 3. The monoisotopic (exact) mass is 824 g/mol. The summed E-state index contributed by atoms with van der Waals surface area (Å²) in [5, 5.41) is 26.3. The largest absolute Gasteiger partial charge is 0.496 e. The van der Waals surface area contributed by atoms with E-state index < -0.39 is 63.5 Å². The SMILES string of the molecule is CC[C@]1(O)C[C@@H]2CN(CCc3c([nH]c4ccccc34)[C@@](C(=O)OC)(c3cc4c(cc3OC)N(C=O)[C@@H]3C45CCN4CC=C[C@](CC)([C@H]45)[C@H](OC(C)=O)[C@]3(O)C(=O)OC)C2)C1. The summed E-state index contributed by atoms with van der Waals surface area (Å²) in [5.41, 5.74) is -3.15. The molecule has 1 spiro atoms. The third-order valence-corrected chi connectivity index (χ3v) is 15.5. The van der Waals surface area contributed by atoms with E-state index in [0.29, 0.717) is 99.5 Å². The van der Waals surface area contributed by atoms with E-state index in [1.165, 1.54) is 33.2 Å². The van der Waals surface area contributed by atoms with E-state index in [4.69, 9.17) is 18.9 Å². The number of carbonyl (C=O) groups excluding carboxylic acids is 4. The number of aromatic nitrogens is 1. The number of nitrogens with zero attached hydrogens (tertiary/aromatic N) is 3. The van der Waals surface area contributed by atoms with Crippen LogP contribution in [0.15, 0.2) is 48.6 Å². The molecule has 6 heterocycles. The van der Waals surface area contributed by atoms with Crippen molar-refractivity contribution in [1.82, 2.24) is 14.8 Å². The first-order chi connectivity index (χ1) is 28.8. The molecule has 10 atom stereocenters. The van der Waals surface area contributed by atoms with Crippen LogP contribution in [0.25, 0.3) is 10.9 Å². The number of aromatic amines is 1. The Labute approximate surface area is 349 Å². The summed E-state index contributed by atoms with van der Waals surface area (Å²) in [6.45, 7) is 8.16. The van der Waals surface area contributed by atoms with Crippen LogP contribution in [0.2, 0.25) is 0 Å². The molecule has 14 nitrogen and oxygen atoms in total. The van der Waals surface area contributed by atoms with Gasteiger partial charge in [0.25, 0.3) is 0 Å². The van der Waals surface area contributed by atoms with Crippen molar-refractivity contribution in [1.29, 1.82) is 0 Å². The molecule has 2 saturated heterocycles. The number of methoxy groups -OCH3 is 3. The van der Waals surface area contributed by atoms with Crippen LogP contribution in [-0.4, -0.2) is 133 Å². The predicted molar refractivity (Wildman–Crippen MR) is 221 cm³/mol. The summed E-state index contributed by atoms with van der Waals surface area (Å²) < 4.78 is 23.7. The molecule has 320 valence electrons. The maximum absolute atomic E-state index is 15.3. The minimum absolute atomic E-state index is 0.155. The Morgan fingerprint density at radius 1 is 0.967 bits per heavy atom. The molecule has 60 heavy (non-hydrogen) atoms. The van der Waals surface area contributed by atoms with E-state index in [9.17, 15) is 24.6 Å². The lowest BCUT2D eigenvalue weighted by molar-refractivity contribution is -0.228. The lowest BCUT2D eigenvalue weighted by atomic mass is 9.47. The van der Waals surface area contributed by atoms with Crippen molar-refractivity contribution in [2.75, 3.05) is 59.0 Å². The van der Waals surface area contributed by atoms with Crippen LogP contribution in [0.5, 0.6) is 5.75 Å². The molecule has 9 rings (SSSR count). The molecule has 14 heteroatoms. The highest BCUT2D eigenvalue weighted by atomic mass is 16.6. The third kappa shape index (κ3) is 5.19. The van der Waals surface area contributed by atoms with E-state index in [2.05, 4.69) is 20.9 Å². The molecular weight excluding hydrogens is 769 g/mol. The van der Waals surface area contributed by atoms with Gasteiger partial charge in [0.1, 0.15) is 11.2 Å². The molecule has 5 aliphatic heterocycles. The Morgan fingerprint density at radius 3 is 2.42 bits per heavy atom. The second-order valence-electron chi connectivity index (χ2n) is 18.1. The first kappa shape index (κ1) is 40.6. The quantitative estimate of drug-likeness (QED) is 0.131. The van der Waals surface area contributed by atoms with Gasteiger partial charge in [0, 0.05) is 78.2 Å². The number of hydrogen-bond donors (Lipinski definition) is 3. The number of ether oxygens (including phenoxy) is 4. The number of aliphatic hydroxyl groups is 2. The van der Waals surface area contributed by atoms with Crippen LogP contribution in [0, 0.1) is 11.3 Å². The van der Waals surface area contributed by atoms with Crippen molar-refractivity contribution in [3.63, 3.8) is 0 Å². The minimum Gasteiger partial charge on any atom is -0.496 e. The Kier molecular flexibility index (Phi) is 9.58. The Bertz CT molecular complexity index is 2310. The summed E-state index contributed by atoms with van der Waals surface area (Å²) in [4.78, 5) is 66.1. The number of carbonyl (C=O) groups is 4. The number of fused-ring (bicyclic) bond motifs is 6.